The summed E-state index contributed by atoms with van der Waals surface area (Å²) >= 11 is 0. The third-order valence-corrected chi connectivity index (χ3v) is 3.27. The van der Waals surface area contributed by atoms with Crippen LogP contribution in [0.15, 0.2) is 24.3 Å². The van der Waals surface area contributed by atoms with Gasteiger partial charge in [-0.15, -0.1) is 0 Å². The molecule has 0 aromatic heterocycles. The molecule has 1 aromatic rings. The number of nitrogens with zero attached hydrogens (tertiary/aromatic N) is 1. The van der Waals surface area contributed by atoms with E-state index >= 15 is 0 Å². The van der Waals surface area contributed by atoms with E-state index in [0.29, 0.717) is 24.5 Å². The summed E-state index contributed by atoms with van der Waals surface area (Å²) in [4.78, 5) is 11.5. The minimum absolute atomic E-state index is 0.339. The largest absolute Gasteiger partial charge is 0.492 e. The van der Waals surface area contributed by atoms with Gasteiger partial charge in [0.2, 0.25) is 0 Å². The van der Waals surface area contributed by atoms with Gasteiger partial charge in [0.15, 0.2) is 0 Å². The maximum absolute atomic E-state index is 11.5. The van der Waals surface area contributed by atoms with Gasteiger partial charge in [0, 0.05) is 0 Å². The fourth-order valence-electron chi connectivity index (χ4n) is 1.87. The lowest BCUT2D eigenvalue weighted by molar-refractivity contribution is 0.0526. The third kappa shape index (κ3) is 5.47. The van der Waals surface area contributed by atoms with Crippen LogP contribution in [0.25, 0.3) is 0 Å². The maximum Gasteiger partial charge on any atom is 0.338 e. The molecule has 1 unspecified atom stereocenters. The highest BCUT2D eigenvalue weighted by Gasteiger charge is 2.24. The van der Waals surface area contributed by atoms with Gasteiger partial charge in [0.25, 0.3) is 0 Å². The van der Waals surface area contributed by atoms with Crippen molar-refractivity contribution in [2.24, 2.45) is 5.41 Å². The van der Waals surface area contributed by atoms with Crippen LogP contribution in [0.2, 0.25) is 0 Å². The molecular formula is C17H23NO3. The lowest BCUT2D eigenvalue weighted by Gasteiger charge is -2.21. The number of hydrogen-bond donors (Lipinski definition) is 0. The number of carbonyl (C=O) groups is 1. The van der Waals surface area contributed by atoms with Crippen LogP contribution in [-0.4, -0.2) is 19.2 Å². The fraction of sp³-hybridized carbons (Fsp3) is 0.529. The van der Waals surface area contributed by atoms with E-state index in [-0.39, 0.29) is 5.97 Å². The summed E-state index contributed by atoms with van der Waals surface area (Å²) in [5, 5.41) is 9.27. The first-order valence-corrected chi connectivity index (χ1v) is 7.36. The van der Waals surface area contributed by atoms with E-state index in [4.69, 9.17) is 9.47 Å². The molecule has 1 rings (SSSR count). The Morgan fingerprint density at radius 2 is 1.95 bits per heavy atom. The number of ether oxygens (including phenoxy) is 2. The Hall–Kier alpha value is -2.02. The Kier molecular flexibility index (Phi) is 6.74. The molecule has 0 bridgehead atoms. The van der Waals surface area contributed by atoms with Crippen molar-refractivity contribution in [2.45, 2.75) is 40.0 Å². The normalized spacial score (nSPS) is 13.0. The highest BCUT2D eigenvalue weighted by atomic mass is 16.5. The summed E-state index contributed by atoms with van der Waals surface area (Å²) in [6.45, 7) is 6.49. The molecule has 0 amide bonds. The average molecular weight is 289 g/mol. The zero-order valence-corrected chi connectivity index (χ0v) is 13.0. The monoisotopic (exact) mass is 289 g/mol. The number of hydrogen-bond acceptors (Lipinski definition) is 4. The second-order valence-corrected chi connectivity index (χ2v) is 5.31. The molecule has 4 heteroatoms. The van der Waals surface area contributed by atoms with Crippen LogP contribution in [-0.2, 0) is 4.74 Å². The lowest BCUT2D eigenvalue weighted by atomic mass is 9.87. The molecule has 1 aromatic carbocycles. The van der Waals surface area contributed by atoms with Gasteiger partial charge in [-0.05, 0) is 44.5 Å². The minimum Gasteiger partial charge on any atom is -0.492 e. The molecule has 21 heavy (non-hydrogen) atoms. The number of carbonyl (C=O) groups excluding carboxylic acids is 1. The van der Waals surface area contributed by atoms with Gasteiger partial charge >= 0.3 is 5.97 Å². The second kappa shape index (κ2) is 8.31. The SMILES string of the molecule is CCCCC(C)(C#N)COc1ccc(C(=O)OCC)cc1. The minimum atomic E-state index is -0.476. The smallest absolute Gasteiger partial charge is 0.338 e. The number of nitriles is 1. The Morgan fingerprint density at radius 3 is 2.48 bits per heavy atom. The molecule has 0 radical (unpaired) electrons. The summed E-state index contributed by atoms with van der Waals surface area (Å²) in [6, 6.07) is 9.12. The van der Waals surface area contributed by atoms with Crippen LogP contribution in [0.4, 0.5) is 0 Å². The molecule has 0 spiro atoms. The molecule has 0 aliphatic heterocycles. The van der Waals surface area contributed by atoms with Crippen LogP contribution in [0, 0.1) is 16.7 Å². The van der Waals surface area contributed by atoms with Crippen molar-refractivity contribution in [1.82, 2.24) is 0 Å². The second-order valence-electron chi connectivity index (χ2n) is 5.31. The molecule has 114 valence electrons. The maximum atomic E-state index is 11.5. The first-order valence-electron chi connectivity index (χ1n) is 7.36. The van der Waals surface area contributed by atoms with Crippen LogP contribution >= 0.6 is 0 Å². The molecule has 1 atom stereocenters. The van der Waals surface area contributed by atoms with E-state index in [2.05, 4.69) is 13.0 Å². The van der Waals surface area contributed by atoms with E-state index in [1.807, 2.05) is 6.92 Å². The summed E-state index contributed by atoms with van der Waals surface area (Å²) in [6.07, 6.45) is 2.89. The molecule has 0 N–H and O–H groups in total. The quantitative estimate of drug-likeness (QED) is 0.680. The van der Waals surface area contributed by atoms with Crippen molar-refractivity contribution in [3.05, 3.63) is 29.8 Å². The van der Waals surface area contributed by atoms with Crippen molar-refractivity contribution in [3.8, 4) is 11.8 Å². The Bertz CT molecular complexity index is 490. The molecule has 0 saturated carbocycles. The Balaban J connectivity index is 2.60. The zero-order chi connectivity index (χ0) is 15.7. The fourth-order valence-corrected chi connectivity index (χ4v) is 1.87. The molecule has 0 fully saturated rings. The highest BCUT2D eigenvalue weighted by Crippen LogP contribution is 2.25. The number of esters is 1. The van der Waals surface area contributed by atoms with Crippen molar-refractivity contribution in [2.75, 3.05) is 13.2 Å². The number of rotatable bonds is 8. The van der Waals surface area contributed by atoms with Gasteiger partial charge in [0.1, 0.15) is 12.4 Å². The van der Waals surface area contributed by atoms with Crippen molar-refractivity contribution < 1.29 is 14.3 Å². The van der Waals surface area contributed by atoms with E-state index in [9.17, 15) is 10.1 Å². The van der Waals surface area contributed by atoms with Gasteiger partial charge in [-0.1, -0.05) is 19.8 Å². The topological polar surface area (TPSA) is 59.3 Å². The van der Waals surface area contributed by atoms with Gasteiger partial charge in [-0.2, -0.15) is 5.26 Å². The van der Waals surface area contributed by atoms with Gasteiger partial charge in [-0.25, -0.2) is 4.79 Å². The summed E-state index contributed by atoms with van der Waals surface area (Å²) in [7, 11) is 0. The van der Waals surface area contributed by atoms with E-state index < -0.39 is 5.41 Å². The van der Waals surface area contributed by atoms with Gasteiger partial charge in [-0.3, -0.25) is 0 Å². The average Bonchev–Trinajstić information content (AvgIpc) is 2.52. The van der Waals surface area contributed by atoms with Gasteiger partial charge < -0.3 is 9.47 Å². The standard InChI is InChI=1S/C17H23NO3/c1-4-6-11-17(3,12-18)13-21-15-9-7-14(8-10-15)16(19)20-5-2/h7-10H,4-6,11,13H2,1-3H3. The Labute approximate surface area is 126 Å². The van der Waals surface area contributed by atoms with Crippen molar-refractivity contribution in [3.63, 3.8) is 0 Å². The summed E-state index contributed by atoms with van der Waals surface area (Å²) in [5.74, 6) is 0.315. The van der Waals surface area contributed by atoms with Crippen LogP contribution in [0.1, 0.15) is 50.4 Å². The first kappa shape index (κ1) is 17.0. The van der Waals surface area contributed by atoms with Crippen LogP contribution in [0.5, 0.6) is 5.75 Å². The molecule has 0 aliphatic carbocycles. The molecular weight excluding hydrogens is 266 g/mol. The van der Waals surface area contributed by atoms with E-state index in [1.165, 1.54) is 0 Å². The van der Waals surface area contributed by atoms with Gasteiger partial charge in [0.05, 0.1) is 23.7 Å². The van der Waals surface area contributed by atoms with Crippen molar-refractivity contribution in [1.29, 1.82) is 5.26 Å². The molecule has 4 nitrogen and oxygen atoms in total. The Morgan fingerprint density at radius 1 is 1.29 bits per heavy atom. The predicted octanol–water partition coefficient (Wildman–Crippen LogP) is 3.96. The highest BCUT2D eigenvalue weighted by molar-refractivity contribution is 5.89. The zero-order valence-electron chi connectivity index (χ0n) is 13.0. The van der Waals surface area contributed by atoms with Crippen LogP contribution in [0.3, 0.4) is 0 Å². The van der Waals surface area contributed by atoms with Crippen molar-refractivity contribution >= 4 is 5.97 Å². The van der Waals surface area contributed by atoms with E-state index in [1.54, 1.807) is 31.2 Å². The lowest BCUT2D eigenvalue weighted by Crippen LogP contribution is -2.23. The molecule has 0 aliphatic rings. The molecule has 0 heterocycles. The van der Waals surface area contributed by atoms with E-state index in [0.717, 1.165) is 19.3 Å². The number of benzene rings is 1. The van der Waals surface area contributed by atoms with Crippen LogP contribution < -0.4 is 4.74 Å². The predicted molar refractivity (Wildman–Crippen MR) is 81.1 cm³/mol. The first-order chi connectivity index (χ1) is 10.0. The summed E-state index contributed by atoms with van der Waals surface area (Å²) < 4.78 is 10.6. The summed E-state index contributed by atoms with van der Waals surface area (Å²) in [5.41, 5.74) is 0.0220. The third-order valence-electron chi connectivity index (χ3n) is 3.27. The molecule has 0 saturated heterocycles. The number of unbranched alkanes of at least 4 members (excludes halogenated alkanes) is 1.